The molecule has 1 aliphatic carbocycles. The van der Waals surface area contributed by atoms with Crippen molar-refractivity contribution in [3.05, 3.63) is 11.6 Å². The average Bonchev–Trinajstić information content (AvgIpc) is 2.10. The normalized spacial score (nSPS) is 30.1. The Morgan fingerprint density at radius 3 is 2.54 bits per heavy atom. The molecule has 0 fully saturated rings. The molecule has 0 radical (unpaired) electrons. The van der Waals surface area contributed by atoms with Gasteiger partial charge in [0.1, 0.15) is 0 Å². The van der Waals surface area contributed by atoms with Gasteiger partial charge in [-0.25, -0.2) is 0 Å². The topological polar surface area (TPSA) is 29.5 Å². The first kappa shape index (κ1) is 10.7. The molecule has 0 heterocycles. The van der Waals surface area contributed by atoms with E-state index in [4.69, 9.17) is 4.74 Å². The fourth-order valence-electron chi connectivity index (χ4n) is 1.69. The van der Waals surface area contributed by atoms with Crippen molar-refractivity contribution in [2.45, 2.75) is 51.2 Å². The SMILES string of the molecule is COC(C)(C)C1(O)CC=C(C)CC1. The quantitative estimate of drug-likeness (QED) is 0.667. The summed E-state index contributed by atoms with van der Waals surface area (Å²) in [5.41, 5.74) is 0.224. The van der Waals surface area contributed by atoms with Crippen LogP contribution in [0.5, 0.6) is 0 Å². The Morgan fingerprint density at radius 1 is 1.54 bits per heavy atom. The second-order valence-electron chi connectivity index (χ2n) is 4.50. The Balaban J connectivity index is 2.79. The van der Waals surface area contributed by atoms with Crippen LogP contribution in [-0.4, -0.2) is 23.4 Å². The maximum absolute atomic E-state index is 10.3. The molecular formula is C11H20O2. The second-order valence-corrected chi connectivity index (χ2v) is 4.50. The first-order chi connectivity index (χ1) is 5.91. The van der Waals surface area contributed by atoms with Gasteiger partial charge in [-0.3, -0.25) is 0 Å². The fourth-order valence-corrected chi connectivity index (χ4v) is 1.69. The molecule has 0 saturated carbocycles. The lowest BCUT2D eigenvalue weighted by molar-refractivity contribution is -0.154. The van der Waals surface area contributed by atoms with Crippen LogP contribution in [0.2, 0.25) is 0 Å². The summed E-state index contributed by atoms with van der Waals surface area (Å²) < 4.78 is 5.34. The monoisotopic (exact) mass is 184 g/mol. The van der Waals surface area contributed by atoms with Crippen molar-refractivity contribution in [1.29, 1.82) is 0 Å². The van der Waals surface area contributed by atoms with Crippen LogP contribution in [0, 0.1) is 0 Å². The largest absolute Gasteiger partial charge is 0.387 e. The van der Waals surface area contributed by atoms with Crippen molar-refractivity contribution in [2.75, 3.05) is 7.11 Å². The molecule has 1 aliphatic rings. The molecule has 1 atom stereocenters. The third-order valence-electron chi connectivity index (χ3n) is 3.35. The van der Waals surface area contributed by atoms with Gasteiger partial charge in [0.2, 0.25) is 0 Å². The molecule has 0 saturated heterocycles. The second kappa shape index (κ2) is 3.43. The highest BCUT2D eigenvalue weighted by molar-refractivity contribution is 5.12. The van der Waals surface area contributed by atoms with E-state index in [2.05, 4.69) is 13.0 Å². The van der Waals surface area contributed by atoms with Crippen LogP contribution >= 0.6 is 0 Å². The summed E-state index contributed by atoms with van der Waals surface area (Å²) in [6, 6.07) is 0. The number of allylic oxidation sites excluding steroid dienone is 1. The maximum atomic E-state index is 10.3. The van der Waals surface area contributed by atoms with Crippen molar-refractivity contribution in [3.63, 3.8) is 0 Å². The predicted octanol–water partition coefficient (Wildman–Crippen LogP) is 2.27. The van der Waals surface area contributed by atoms with Gasteiger partial charge in [0.15, 0.2) is 0 Å². The Labute approximate surface area is 80.6 Å². The summed E-state index contributed by atoms with van der Waals surface area (Å²) in [5, 5.41) is 10.3. The van der Waals surface area contributed by atoms with Crippen LogP contribution in [0.25, 0.3) is 0 Å². The molecule has 13 heavy (non-hydrogen) atoms. The maximum Gasteiger partial charge on any atom is 0.0967 e. The zero-order valence-corrected chi connectivity index (χ0v) is 9.05. The molecule has 0 aliphatic heterocycles. The van der Waals surface area contributed by atoms with Crippen LogP contribution in [-0.2, 0) is 4.74 Å². The molecule has 1 rings (SSSR count). The summed E-state index contributed by atoms with van der Waals surface area (Å²) in [6.07, 6.45) is 4.60. The third-order valence-corrected chi connectivity index (χ3v) is 3.35. The van der Waals surface area contributed by atoms with Gasteiger partial charge < -0.3 is 9.84 Å². The molecule has 0 aromatic carbocycles. The summed E-state index contributed by atoms with van der Waals surface area (Å²) in [5.74, 6) is 0. The Morgan fingerprint density at radius 2 is 2.15 bits per heavy atom. The molecular weight excluding hydrogens is 164 g/mol. The number of aliphatic hydroxyl groups is 1. The van der Waals surface area contributed by atoms with Crippen molar-refractivity contribution < 1.29 is 9.84 Å². The summed E-state index contributed by atoms with van der Waals surface area (Å²) in [6.45, 7) is 6.00. The molecule has 0 bridgehead atoms. The van der Waals surface area contributed by atoms with Crippen LogP contribution in [0.4, 0.5) is 0 Å². The van der Waals surface area contributed by atoms with Crippen molar-refractivity contribution in [2.24, 2.45) is 0 Å². The van der Waals surface area contributed by atoms with E-state index >= 15 is 0 Å². The number of ether oxygens (including phenoxy) is 1. The number of rotatable bonds is 2. The lowest BCUT2D eigenvalue weighted by Gasteiger charge is -2.43. The van der Waals surface area contributed by atoms with Crippen molar-refractivity contribution in [1.82, 2.24) is 0 Å². The van der Waals surface area contributed by atoms with E-state index in [1.165, 1.54) is 5.57 Å². The van der Waals surface area contributed by atoms with Gasteiger partial charge in [-0.1, -0.05) is 11.6 Å². The predicted molar refractivity (Wildman–Crippen MR) is 53.6 cm³/mol. The minimum atomic E-state index is -0.693. The van der Waals surface area contributed by atoms with Gasteiger partial charge >= 0.3 is 0 Å². The Bertz CT molecular complexity index is 218. The first-order valence-electron chi connectivity index (χ1n) is 4.84. The molecule has 2 nitrogen and oxygen atoms in total. The van der Waals surface area contributed by atoms with E-state index in [9.17, 15) is 5.11 Å². The highest BCUT2D eigenvalue weighted by Crippen LogP contribution is 2.37. The highest BCUT2D eigenvalue weighted by Gasteiger charge is 2.43. The van der Waals surface area contributed by atoms with Crippen LogP contribution < -0.4 is 0 Å². The summed E-state index contributed by atoms with van der Waals surface area (Å²) in [7, 11) is 1.66. The molecule has 0 aromatic heterocycles. The van der Waals surface area contributed by atoms with E-state index in [-0.39, 0.29) is 0 Å². The van der Waals surface area contributed by atoms with Gasteiger partial charge in [0, 0.05) is 7.11 Å². The standard InChI is InChI=1S/C11H20O2/c1-9-5-7-11(12,8-6-9)10(2,3)13-4/h5,12H,6-8H2,1-4H3. The smallest absolute Gasteiger partial charge is 0.0967 e. The lowest BCUT2D eigenvalue weighted by atomic mass is 9.75. The average molecular weight is 184 g/mol. The molecule has 76 valence electrons. The zero-order valence-electron chi connectivity index (χ0n) is 9.05. The molecule has 0 spiro atoms. The van der Waals surface area contributed by atoms with E-state index in [1.54, 1.807) is 7.11 Å². The minimum absolute atomic E-state index is 0.454. The fraction of sp³-hybridized carbons (Fsp3) is 0.818. The van der Waals surface area contributed by atoms with E-state index in [0.29, 0.717) is 6.42 Å². The zero-order chi connectivity index (χ0) is 10.1. The van der Waals surface area contributed by atoms with Gasteiger partial charge in [0.05, 0.1) is 11.2 Å². The van der Waals surface area contributed by atoms with Gasteiger partial charge in [-0.05, 0) is 40.0 Å². The van der Waals surface area contributed by atoms with Crippen LogP contribution in [0.15, 0.2) is 11.6 Å². The van der Waals surface area contributed by atoms with Gasteiger partial charge in [0.25, 0.3) is 0 Å². The number of hydrogen-bond donors (Lipinski definition) is 1. The van der Waals surface area contributed by atoms with Crippen LogP contribution in [0.3, 0.4) is 0 Å². The highest BCUT2D eigenvalue weighted by atomic mass is 16.5. The van der Waals surface area contributed by atoms with Gasteiger partial charge in [-0.15, -0.1) is 0 Å². The molecule has 2 heteroatoms. The van der Waals surface area contributed by atoms with E-state index in [1.807, 2.05) is 13.8 Å². The summed E-state index contributed by atoms with van der Waals surface area (Å²) in [4.78, 5) is 0. The molecule has 0 aromatic rings. The third kappa shape index (κ3) is 1.94. The Hall–Kier alpha value is -0.340. The van der Waals surface area contributed by atoms with Crippen molar-refractivity contribution >= 4 is 0 Å². The summed E-state index contributed by atoms with van der Waals surface area (Å²) >= 11 is 0. The Kier molecular flexibility index (Phi) is 2.83. The van der Waals surface area contributed by atoms with E-state index < -0.39 is 11.2 Å². The molecule has 1 N–H and O–H groups in total. The van der Waals surface area contributed by atoms with Gasteiger partial charge in [-0.2, -0.15) is 0 Å². The van der Waals surface area contributed by atoms with Crippen molar-refractivity contribution in [3.8, 4) is 0 Å². The first-order valence-corrected chi connectivity index (χ1v) is 4.84. The number of hydrogen-bond acceptors (Lipinski definition) is 2. The van der Waals surface area contributed by atoms with Crippen LogP contribution in [0.1, 0.15) is 40.0 Å². The molecule has 0 amide bonds. The lowest BCUT2D eigenvalue weighted by Crippen LogP contribution is -2.52. The molecule has 1 unspecified atom stereocenters. The minimum Gasteiger partial charge on any atom is -0.387 e. The van der Waals surface area contributed by atoms with E-state index in [0.717, 1.165) is 12.8 Å². The number of methoxy groups -OCH3 is 1.